The van der Waals surface area contributed by atoms with Crippen LogP contribution in [0, 0.1) is 10.5 Å². The molecule has 3 rings (SSSR count). The molecule has 5 heteroatoms. The number of hydrogen-bond donors (Lipinski definition) is 1. The van der Waals surface area contributed by atoms with Gasteiger partial charge in [-0.3, -0.25) is 9.36 Å². The topological polar surface area (TPSA) is 59.3 Å². The van der Waals surface area contributed by atoms with Crippen LogP contribution in [0.15, 0.2) is 48.5 Å². The zero-order chi connectivity index (χ0) is 15.9. The largest absolute Gasteiger partial charge is 0.478 e. The molecule has 1 N–H and O–H groups in total. The van der Waals surface area contributed by atoms with Crippen molar-refractivity contribution in [1.29, 1.82) is 0 Å². The van der Waals surface area contributed by atoms with Crippen molar-refractivity contribution >= 4 is 45.4 Å². The first-order chi connectivity index (χ1) is 10.5. The normalized spacial score (nSPS) is 10.8. The van der Waals surface area contributed by atoms with E-state index in [9.17, 15) is 14.7 Å². The van der Waals surface area contributed by atoms with E-state index >= 15 is 0 Å². The van der Waals surface area contributed by atoms with Crippen LogP contribution >= 0.6 is 22.6 Å². The molecule has 0 atom stereocenters. The van der Waals surface area contributed by atoms with Crippen molar-refractivity contribution in [2.45, 2.75) is 6.92 Å². The van der Waals surface area contributed by atoms with Crippen LogP contribution in [0.4, 0.5) is 0 Å². The van der Waals surface area contributed by atoms with E-state index in [2.05, 4.69) is 22.6 Å². The van der Waals surface area contributed by atoms with Gasteiger partial charge in [0.2, 0.25) is 0 Å². The molecule has 110 valence electrons. The van der Waals surface area contributed by atoms with Gasteiger partial charge in [0.1, 0.15) is 0 Å². The zero-order valence-electron chi connectivity index (χ0n) is 11.7. The number of nitrogens with zero attached hydrogens (tertiary/aromatic N) is 1. The Kier molecular flexibility index (Phi) is 3.74. The van der Waals surface area contributed by atoms with Crippen LogP contribution in [0.5, 0.6) is 0 Å². The number of fused-ring (bicyclic) bond motifs is 1. The monoisotopic (exact) mass is 405 g/mol. The molecule has 4 nitrogen and oxygen atoms in total. The van der Waals surface area contributed by atoms with E-state index < -0.39 is 5.97 Å². The third kappa shape index (κ3) is 2.31. The number of halogens is 1. The number of aromatic carboxylic acids is 1. The first-order valence-electron chi connectivity index (χ1n) is 6.64. The minimum absolute atomic E-state index is 0.175. The minimum Gasteiger partial charge on any atom is -0.478 e. The quantitative estimate of drug-likeness (QED) is 0.658. The van der Waals surface area contributed by atoms with Crippen LogP contribution in [0.3, 0.4) is 0 Å². The average molecular weight is 405 g/mol. The van der Waals surface area contributed by atoms with Gasteiger partial charge in [-0.15, -0.1) is 0 Å². The SMILES string of the molecule is Cc1c(C(=O)O)c2ccccc2n1C(=O)c1ccc(I)cc1. The molecule has 0 aliphatic rings. The summed E-state index contributed by atoms with van der Waals surface area (Å²) in [6, 6.07) is 14.3. The van der Waals surface area contributed by atoms with Gasteiger partial charge in [-0.1, -0.05) is 18.2 Å². The fourth-order valence-electron chi connectivity index (χ4n) is 2.62. The van der Waals surface area contributed by atoms with Crippen LogP contribution < -0.4 is 0 Å². The van der Waals surface area contributed by atoms with Gasteiger partial charge < -0.3 is 5.11 Å². The molecule has 0 aliphatic carbocycles. The number of carboxylic acids is 1. The van der Waals surface area contributed by atoms with Crippen LogP contribution in [0.25, 0.3) is 10.9 Å². The molecule has 22 heavy (non-hydrogen) atoms. The van der Waals surface area contributed by atoms with Gasteiger partial charge in [0.15, 0.2) is 0 Å². The molecule has 3 aromatic rings. The molecule has 0 saturated carbocycles. The van der Waals surface area contributed by atoms with Gasteiger partial charge in [-0.2, -0.15) is 0 Å². The van der Waals surface area contributed by atoms with E-state index in [1.807, 2.05) is 12.1 Å². The van der Waals surface area contributed by atoms with E-state index in [-0.39, 0.29) is 11.5 Å². The molecular weight excluding hydrogens is 393 g/mol. The lowest BCUT2D eigenvalue weighted by Gasteiger charge is -2.07. The Morgan fingerprint density at radius 1 is 1.05 bits per heavy atom. The smallest absolute Gasteiger partial charge is 0.338 e. The number of carbonyl (C=O) groups excluding carboxylic acids is 1. The van der Waals surface area contributed by atoms with Crippen molar-refractivity contribution in [2.24, 2.45) is 0 Å². The van der Waals surface area contributed by atoms with Crippen LogP contribution in [-0.2, 0) is 0 Å². The summed E-state index contributed by atoms with van der Waals surface area (Å²) in [6.45, 7) is 1.66. The number of hydrogen-bond acceptors (Lipinski definition) is 2. The highest BCUT2D eigenvalue weighted by atomic mass is 127. The maximum absolute atomic E-state index is 12.8. The van der Waals surface area contributed by atoms with Crippen LogP contribution in [-0.4, -0.2) is 21.6 Å². The Labute approximate surface area is 140 Å². The summed E-state index contributed by atoms with van der Waals surface area (Å²) in [4.78, 5) is 24.3. The lowest BCUT2D eigenvalue weighted by atomic mass is 10.1. The highest BCUT2D eigenvalue weighted by Gasteiger charge is 2.23. The number of carboxylic acid groups (broad SMARTS) is 1. The Bertz CT molecular complexity index is 894. The maximum atomic E-state index is 12.8. The Morgan fingerprint density at radius 3 is 2.32 bits per heavy atom. The number of aromatic nitrogens is 1. The summed E-state index contributed by atoms with van der Waals surface area (Å²) in [5.41, 5.74) is 1.76. The summed E-state index contributed by atoms with van der Waals surface area (Å²) in [6.07, 6.45) is 0. The van der Waals surface area contributed by atoms with Gasteiger partial charge in [0, 0.05) is 20.2 Å². The summed E-state index contributed by atoms with van der Waals surface area (Å²) in [5.74, 6) is -1.25. The summed E-state index contributed by atoms with van der Waals surface area (Å²) in [5, 5.41) is 10.0. The number of carbonyl (C=O) groups is 2. The van der Waals surface area contributed by atoms with Crippen LogP contribution in [0.1, 0.15) is 26.4 Å². The lowest BCUT2D eigenvalue weighted by Crippen LogP contribution is -2.14. The molecular formula is C17H12INO3. The van der Waals surface area contributed by atoms with Crippen molar-refractivity contribution in [1.82, 2.24) is 4.57 Å². The maximum Gasteiger partial charge on any atom is 0.338 e. The standard InChI is InChI=1S/C17H12INO3/c1-10-15(17(21)22)13-4-2-3-5-14(13)19(10)16(20)11-6-8-12(18)9-7-11/h2-9H,1H3,(H,21,22). The molecule has 0 fully saturated rings. The molecule has 0 aliphatic heterocycles. The highest BCUT2D eigenvalue weighted by Crippen LogP contribution is 2.27. The van der Waals surface area contributed by atoms with E-state index in [0.29, 0.717) is 22.2 Å². The fraction of sp³-hybridized carbons (Fsp3) is 0.0588. The van der Waals surface area contributed by atoms with Crippen molar-refractivity contribution in [3.05, 3.63) is 68.9 Å². The summed E-state index contributed by atoms with van der Waals surface area (Å²) >= 11 is 2.17. The Morgan fingerprint density at radius 2 is 1.68 bits per heavy atom. The fourth-order valence-corrected chi connectivity index (χ4v) is 2.98. The average Bonchev–Trinajstić information content (AvgIpc) is 2.79. The second kappa shape index (κ2) is 5.57. The summed E-state index contributed by atoms with van der Waals surface area (Å²) in [7, 11) is 0. The second-order valence-corrected chi connectivity index (χ2v) is 6.18. The van der Waals surface area contributed by atoms with Gasteiger partial charge >= 0.3 is 5.97 Å². The Hall–Kier alpha value is -2.15. The lowest BCUT2D eigenvalue weighted by molar-refractivity contribution is 0.0698. The third-order valence-electron chi connectivity index (χ3n) is 3.62. The minimum atomic E-state index is -1.03. The van der Waals surface area contributed by atoms with E-state index in [1.165, 1.54) is 4.57 Å². The zero-order valence-corrected chi connectivity index (χ0v) is 13.9. The molecule has 1 heterocycles. The number of rotatable bonds is 2. The molecule has 0 radical (unpaired) electrons. The highest BCUT2D eigenvalue weighted by molar-refractivity contribution is 14.1. The van der Waals surface area contributed by atoms with Gasteiger partial charge in [-0.05, 0) is 59.8 Å². The van der Waals surface area contributed by atoms with Crippen molar-refractivity contribution in [2.75, 3.05) is 0 Å². The van der Waals surface area contributed by atoms with Crippen LogP contribution in [0.2, 0.25) is 0 Å². The van der Waals surface area contributed by atoms with Gasteiger partial charge in [0.25, 0.3) is 5.91 Å². The van der Waals surface area contributed by atoms with Crippen molar-refractivity contribution in [3.63, 3.8) is 0 Å². The molecule has 2 aromatic carbocycles. The Balaban J connectivity index is 2.27. The molecule has 0 amide bonds. The number of para-hydroxylation sites is 1. The van der Waals surface area contributed by atoms with Gasteiger partial charge in [0.05, 0.1) is 11.1 Å². The third-order valence-corrected chi connectivity index (χ3v) is 4.34. The summed E-state index contributed by atoms with van der Waals surface area (Å²) < 4.78 is 2.51. The molecule has 0 saturated heterocycles. The number of benzene rings is 2. The predicted octanol–water partition coefficient (Wildman–Crippen LogP) is 3.94. The predicted molar refractivity (Wildman–Crippen MR) is 92.5 cm³/mol. The van der Waals surface area contributed by atoms with E-state index in [0.717, 1.165) is 3.57 Å². The van der Waals surface area contributed by atoms with E-state index in [4.69, 9.17) is 0 Å². The first kappa shape index (κ1) is 14.8. The van der Waals surface area contributed by atoms with Crippen molar-refractivity contribution in [3.8, 4) is 0 Å². The van der Waals surface area contributed by atoms with Crippen molar-refractivity contribution < 1.29 is 14.7 Å². The van der Waals surface area contributed by atoms with E-state index in [1.54, 1.807) is 43.3 Å². The second-order valence-electron chi connectivity index (χ2n) is 4.93. The molecule has 1 aromatic heterocycles. The molecule has 0 bridgehead atoms. The first-order valence-corrected chi connectivity index (χ1v) is 7.72. The molecule has 0 unspecified atom stereocenters. The molecule has 0 spiro atoms. The van der Waals surface area contributed by atoms with Gasteiger partial charge in [-0.25, -0.2) is 4.79 Å².